The maximum Gasteiger partial charge on any atom is 0.258 e. The molecule has 1 fully saturated rings. The fraction of sp³-hybridized carbons (Fsp3) is 0.261. The molecule has 0 saturated carbocycles. The van der Waals surface area contributed by atoms with Crippen LogP contribution in [0.5, 0.6) is 0 Å². The Labute approximate surface area is 183 Å². The van der Waals surface area contributed by atoms with Gasteiger partial charge in [-0.15, -0.1) is 11.3 Å². The summed E-state index contributed by atoms with van der Waals surface area (Å²) in [5, 5.41) is 6.00. The molecule has 5 rings (SSSR count). The predicted molar refractivity (Wildman–Crippen MR) is 121 cm³/mol. The molecular formula is C23H21ClN4OS. The fourth-order valence-electron chi connectivity index (χ4n) is 4.07. The molecule has 1 aliphatic rings. The SMILES string of the molecule is Cc1nn(-c2ccccc2)c(Cl)c1C(=O)N1CCC[C@H](c2nc3ccccc3s2)C1. The summed E-state index contributed by atoms with van der Waals surface area (Å²) in [5.41, 5.74) is 3.01. The molecule has 4 aromatic rings. The summed E-state index contributed by atoms with van der Waals surface area (Å²) >= 11 is 8.36. The Hall–Kier alpha value is -2.70. The molecule has 0 aliphatic carbocycles. The van der Waals surface area contributed by atoms with Crippen molar-refractivity contribution in [3.8, 4) is 5.69 Å². The second kappa shape index (κ2) is 7.85. The van der Waals surface area contributed by atoms with Crippen LogP contribution in [0.25, 0.3) is 15.9 Å². The molecule has 7 heteroatoms. The highest BCUT2D eigenvalue weighted by molar-refractivity contribution is 7.18. The third-order valence-corrected chi connectivity index (χ3v) is 7.13. The van der Waals surface area contributed by atoms with Gasteiger partial charge in [0.15, 0.2) is 0 Å². The molecule has 0 bridgehead atoms. The molecule has 30 heavy (non-hydrogen) atoms. The van der Waals surface area contributed by atoms with Gasteiger partial charge in [0, 0.05) is 19.0 Å². The smallest absolute Gasteiger partial charge is 0.258 e. The van der Waals surface area contributed by atoms with Gasteiger partial charge in [0.25, 0.3) is 5.91 Å². The minimum Gasteiger partial charge on any atom is -0.338 e. The Kier molecular flexibility index (Phi) is 5.05. The van der Waals surface area contributed by atoms with Crippen LogP contribution in [0, 0.1) is 6.92 Å². The van der Waals surface area contributed by atoms with Crippen molar-refractivity contribution < 1.29 is 4.79 Å². The lowest BCUT2D eigenvalue weighted by molar-refractivity contribution is 0.0706. The summed E-state index contributed by atoms with van der Waals surface area (Å²) in [6.45, 7) is 3.23. The number of rotatable bonds is 3. The van der Waals surface area contributed by atoms with Crippen LogP contribution in [-0.4, -0.2) is 38.7 Å². The van der Waals surface area contributed by atoms with Gasteiger partial charge in [-0.2, -0.15) is 5.10 Å². The number of amides is 1. The zero-order valence-corrected chi connectivity index (χ0v) is 18.2. The number of hydrogen-bond donors (Lipinski definition) is 0. The molecular weight excluding hydrogens is 416 g/mol. The summed E-state index contributed by atoms with van der Waals surface area (Å²) in [6, 6.07) is 17.8. The number of likely N-dealkylation sites (tertiary alicyclic amines) is 1. The van der Waals surface area contributed by atoms with Gasteiger partial charge in [-0.3, -0.25) is 4.79 Å². The first-order valence-electron chi connectivity index (χ1n) is 10.1. The number of carbonyl (C=O) groups is 1. The zero-order chi connectivity index (χ0) is 20.7. The number of halogens is 1. The van der Waals surface area contributed by atoms with Crippen LogP contribution in [0.15, 0.2) is 54.6 Å². The van der Waals surface area contributed by atoms with Gasteiger partial charge in [-0.05, 0) is 44.0 Å². The highest BCUT2D eigenvalue weighted by atomic mass is 35.5. The first-order chi connectivity index (χ1) is 14.6. The third-order valence-electron chi connectivity index (χ3n) is 5.59. The van der Waals surface area contributed by atoms with E-state index in [4.69, 9.17) is 16.6 Å². The van der Waals surface area contributed by atoms with Crippen molar-refractivity contribution in [2.75, 3.05) is 13.1 Å². The summed E-state index contributed by atoms with van der Waals surface area (Å²) in [6.07, 6.45) is 2.00. The van der Waals surface area contributed by atoms with Crippen molar-refractivity contribution in [3.63, 3.8) is 0 Å². The zero-order valence-electron chi connectivity index (χ0n) is 16.6. The molecule has 5 nitrogen and oxygen atoms in total. The highest BCUT2D eigenvalue weighted by Gasteiger charge is 2.31. The molecule has 1 aliphatic heterocycles. The van der Waals surface area contributed by atoms with Crippen LogP contribution in [0.3, 0.4) is 0 Å². The number of nitrogens with zero attached hydrogens (tertiary/aromatic N) is 4. The average molecular weight is 437 g/mol. The van der Waals surface area contributed by atoms with Gasteiger partial charge in [0.05, 0.1) is 32.2 Å². The van der Waals surface area contributed by atoms with Crippen LogP contribution in [0.2, 0.25) is 5.15 Å². The van der Waals surface area contributed by atoms with Crippen LogP contribution in [0.1, 0.15) is 39.8 Å². The predicted octanol–water partition coefficient (Wildman–Crippen LogP) is 5.46. The van der Waals surface area contributed by atoms with Crippen molar-refractivity contribution in [2.24, 2.45) is 0 Å². The Bertz CT molecular complexity index is 1180. The monoisotopic (exact) mass is 436 g/mol. The summed E-state index contributed by atoms with van der Waals surface area (Å²) in [7, 11) is 0. The van der Waals surface area contributed by atoms with Crippen molar-refractivity contribution in [1.82, 2.24) is 19.7 Å². The van der Waals surface area contributed by atoms with Gasteiger partial charge in [0.1, 0.15) is 5.15 Å². The number of hydrogen-bond acceptors (Lipinski definition) is 4. The highest BCUT2D eigenvalue weighted by Crippen LogP contribution is 2.34. The Morgan fingerprint density at radius 2 is 1.90 bits per heavy atom. The van der Waals surface area contributed by atoms with Gasteiger partial charge in [0.2, 0.25) is 0 Å². The molecule has 2 aromatic heterocycles. The van der Waals surface area contributed by atoms with Crippen LogP contribution in [-0.2, 0) is 0 Å². The lowest BCUT2D eigenvalue weighted by Gasteiger charge is -2.31. The van der Waals surface area contributed by atoms with Crippen molar-refractivity contribution in [1.29, 1.82) is 0 Å². The molecule has 0 N–H and O–H groups in total. The van der Waals surface area contributed by atoms with E-state index in [9.17, 15) is 4.79 Å². The molecule has 2 aromatic carbocycles. The van der Waals surface area contributed by atoms with E-state index in [2.05, 4.69) is 11.2 Å². The largest absolute Gasteiger partial charge is 0.338 e. The van der Waals surface area contributed by atoms with E-state index in [0.717, 1.165) is 35.6 Å². The van der Waals surface area contributed by atoms with Gasteiger partial charge in [-0.1, -0.05) is 41.9 Å². The second-order valence-corrected chi connectivity index (χ2v) is 9.03. The number of carbonyl (C=O) groups excluding carboxylic acids is 1. The van der Waals surface area contributed by atoms with Gasteiger partial charge < -0.3 is 4.90 Å². The number of para-hydroxylation sites is 2. The minimum absolute atomic E-state index is 0.0505. The first-order valence-corrected chi connectivity index (χ1v) is 11.3. The molecule has 152 valence electrons. The molecule has 0 unspecified atom stereocenters. The molecule has 0 spiro atoms. The third kappa shape index (κ3) is 3.40. The molecule has 0 radical (unpaired) electrons. The standard InChI is InChI=1S/C23H21ClN4OS/c1-15-20(21(24)28(26-15)17-9-3-2-4-10-17)23(29)27-13-7-8-16(14-27)22-25-18-11-5-6-12-19(18)30-22/h2-6,9-12,16H,7-8,13-14H2,1H3/t16-/m0/s1. The van der Waals surface area contributed by atoms with E-state index in [1.165, 1.54) is 4.70 Å². The summed E-state index contributed by atoms with van der Waals surface area (Å²) < 4.78 is 2.83. The number of aryl methyl sites for hydroxylation is 1. The van der Waals surface area contributed by atoms with Crippen molar-refractivity contribution in [3.05, 3.63) is 76.0 Å². The van der Waals surface area contributed by atoms with E-state index in [0.29, 0.717) is 23.0 Å². The number of aromatic nitrogens is 3. The molecule has 3 heterocycles. The van der Waals surface area contributed by atoms with E-state index in [-0.39, 0.29) is 11.8 Å². The van der Waals surface area contributed by atoms with Crippen LogP contribution >= 0.6 is 22.9 Å². The maximum absolute atomic E-state index is 13.4. The quantitative estimate of drug-likeness (QED) is 0.428. The summed E-state index contributed by atoms with van der Waals surface area (Å²) in [5.74, 6) is 0.203. The Morgan fingerprint density at radius 3 is 2.70 bits per heavy atom. The van der Waals surface area contributed by atoms with Gasteiger partial charge >= 0.3 is 0 Å². The number of benzene rings is 2. The topological polar surface area (TPSA) is 51.0 Å². The Morgan fingerprint density at radius 1 is 1.13 bits per heavy atom. The van der Waals surface area contributed by atoms with Crippen LogP contribution < -0.4 is 0 Å². The van der Waals surface area contributed by atoms with E-state index < -0.39 is 0 Å². The second-order valence-electron chi connectivity index (χ2n) is 7.61. The first kappa shape index (κ1) is 19.3. The van der Waals surface area contributed by atoms with Gasteiger partial charge in [-0.25, -0.2) is 9.67 Å². The van der Waals surface area contributed by atoms with E-state index in [1.54, 1.807) is 16.0 Å². The van der Waals surface area contributed by atoms with E-state index >= 15 is 0 Å². The normalized spacial score (nSPS) is 16.9. The average Bonchev–Trinajstić information content (AvgIpc) is 3.34. The number of fused-ring (bicyclic) bond motifs is 1. The van der Waals surface area contributed by atoms with Crippen LogP contribution in [0.4, 0.5) is 0 Å². The fourth-order valence-corrected chi connectivity index (χ4v) is 5.51. The van der Waals surface area contributed by atoms with E-state index in [1.807, 2.05) is 60.4 Å². The number of thiazole rings is 1. The van der Waals surface area contributed by atoms with Crippen molar-refractivity contribution >= 4 is 39.1 Å². The lowest BCUT2D eigenvalue weighted by Crippen LogP contribution is -2.39. The maximum atomic E-state index is 13.4. The summed E-state index contributed by atoms with van der Waals surface area (Å²) in [4.78, 5) is 20.1. The lowest BCUT2D eigenvalue weighted by atomic mass is 9.98. The number of piperidine rings is 1. The Balaban J connectivity index is 1.42. The molecule has 1 saturated heterocycles. The van der Waals surface area contributed by atoms with Crippen molar-refractivity contribution in [2.45, 2.75) is 25.7 Å². The molecule has 1 amide bonds. The minimum atomic E-state index is -0.0505. The molecule has 1 atom stereocenters.